The lowest BCUT2D eigenvalue weighted by atomic mass is 10.1. The van der Waals surface area contributed by atoms with Crippen LogP contribution in [0.2, 0.25) is 0 Å². The van der Waals surface area contributed by atoms with Gasteiger partial charge in [-0.05, 0) is 29.8 Å². The highest BCUT2D eigenvalue weighted by Crippen LogP contribution is 2.25. The number of rotatable bonds is 5. The second-order valence-corrected chi connectivity index (χ2v) is 6.22. The molecule has 0 fully saturated rings. The Hall–Kier alpha value is -2.80. The Balaban J connectivity index is 1.44. The molecule has 3 heterocycles. The van der Waals surface area contributed by atoms with Crippen molar-refractivity contribution in [2.24, 2.45) is 0 Å². The Bertz CT molecular complexity index is 899. The molecular weight excluding hydrogens is 340 g/mol. The van der Waals surface area contributed by atoms with Crippen LogP contribution in [0.25, 0.3) is 0 Å². The van der Waals surface area contributed by atoms with Gasteiger partial charge in [0, 0.05) is 37.8 Å². The molecule has 0 spiro atoms. The maximum atomic E-state index is 13.4. The first kappa shape index (κ1) is 16.7. The van der Waals surface area contributed by atoms with Crippen molar-refractivity contribution < 1.29 is 18.0 Å². The lowest BCUT2D eigenvalue weighted by Crippen LogP contribution is -2.30. The number of hydrogen-bond donors (Lipinski definition) is 0. The summed E-state index contributed by atoms with van der Waals surface area (Å²) < 4.78 is 37.6. The number of aromatic nitrogens is 2. The normalized spacial score (nSPS) is 14.2. The largest absolute Gasteiger partial charge is 0.486 e. The lowest BCUT2D eigenvalue weighted by Gasteiger charge is -2.26. The summed E-state index contributed by atoms with van der Waals surface area (Å²) in [5, 5.41) is 4.12. The lowest BCUT2D eigenvalue weighted by molar-refractivity contribution is 0.228. The number of hydrogen-bond acceptors (Lipinski definition) is 5. The summed E-state index contributed by atoms with van der Waals surface area (Å²) in [5.41, 5.74) is 2.48. The molecule has 3 aromatic rings. The number of pyridine rings is 1. The fourth-order valence-corrected chi connectivity index (χ4v) is 3.05. The van der Waals surface area contributed by atoms with Gasteiger partial charge in [-0.25, -0.2) is 8.78 Å². The molecule has 7 heteroatoms. The zero-order valence-electron chi connectivity index (χ0n) is 14.0. The Kier molecular flexibility index (Phi) is 4.62. The first-order valence-electron chi connectivity index (χ1n) is 8.34. The van der Waals surface area contributed by atoms with Crippen molar-refractivity contribution in [1.29, 1.82) is 0 Å². The Morgan fingerprint density at radius 3 is 2.92 bits per heavy atom. The second-order valence-electron chi connectivity index (χ2n) is 6.22. The van der Waals surface area contributed by atoms with Crippen molar-refractivity contribution >= 4 is 0 Å². The highest BCUT2D eigenvalue weighted by molar-refractivity contribution is 5.26. The van der Waals surface area contributed by atoms with Crippen LogP contribution in [-0.4, -0.2) is 21.6 Å². The van der Waals surface area contributed by atoms with Crippen molar-refractivity contribution in [3.63, 3.8) is 0 Å². The van der Waals surface area contributed by atoms with Crippen molar-refractivity contribution in [2.75, 3.05) is 6.54 Å². The van der Waals surface area contributed by atoms with Crippen molar-refractivity contribution in [3.05, 3.63) is 76.9 Å². The molecule has 134 valence electrons. The van der Waals surface area contributed by atoms with E-state index in [1.54, 1.807) is 24.5 Å². The maximum Gasteiger partial charge on any atom is 0.159 e. The molecule has 0 unspecified atom stereocenters. The van der Waals surface area contributed by atoms with E-state index in [0.29, 0.717) is 25.4 Å². The molecule has 5 nitrogen and oxygen atoms in total. The van der Waals surface area contributed by atoms with E-state index >= 15 is 0 Å². The van der Waals surface area contributed by atoms with Gasteiger partial charge in [-0.2, -0.15) is 0 Å². The molecule has 0 amide bonds. The number of halogens is 2. The van der Waals surface area contributed by atoms with E-state index in [9.17, 15) is 8.78 Å². The quantitative estimate of drug-likeness (QED) is 0.700. The average molecular weight is 357 g/mol. The van der Waals surface area contributed by atoms with Gasteiger partial charge in [0.1, 0.15) is 23.8 Å². The molecule has 0 aliphatic carbocycles. The van der Waals surface area contributed by atoms with Gasteiger partial charge < -0.3 is 9.26 Å². The highest BCUT2D eigenvalue weighted by Gasteiger charge is 2.24. The van der Waals surface area contributed by atoms with Crippen LogP contribution >= 0.6 is 0 Å². The van der Waals surface area contributed by atoms with Gasteiger partial charge in [0.25, 0.3) is 0 Å². The van der Waals surface area contributed by atoms with Gasteiger partial charge in [-0.15, -0.1) is 0 Å². The molecule has 2 aromatic heterocycles. The first-order valence-corrected chi connectivity index (χ1v) is 8.34. The van der Waals surface area contributed by atoms with Crippen molar-refractivity contribution in [2.45, 2.75) is 26.1 Å². The van der Waals surface area contributed by atoms with Crippen LogP contribution in [0.3, 0.4) is 0 Å². The van der Waals surface area contributed by atoms with Gasteiger partial charge >= 0.3 is 0 Å². The van der Waals surface area contributed by atoms with E-state index in [0.717, 1.165) is 41.6 Å². The van der Waals surface area contributed by atoms with Gasteiger partial charge in [0.2, 0.25) is 0 Å². The second kappa shape index (κ2) is 7.21. The standard InChI is InChI=1S/C19H17F2N3O2/c20-16-4-3-13(8-17(16)21)10-24-7-5-19-15(11-24)18(23-26-19)12-25-14-2-1-6-22-9-14/h1-4,6,8-9H,5,7,10-12H2. The van der Waals surface area contributed by atoms with Crippen LogP contribution in [-0.2, 0) is 26.1 Å². The summed E-state index contributed by atoms with van der Waals surface area (Å²) in [5.74, 6) is -0.130. The molecule has 26 heavy (non-hydrogen) atoms. The SMILES string of the molecule is Fc1ccc(CN2CCc3onc(COc4cccnc4)c3C2)cc1F. The van der Waals surface area contributed by atoms with E-state index in [1.807, 2.05) is 6.07 Å². The van der Waals surface area contributed by atoms with Gasteiger partial charge in [0.05, 0.1) is 6.20 Å². The Morgan fingerprint density at radius 2 is 2.12 bits per heavy atom. The maximum absolute atomic E-state index is 13.4. The summed E-state index contributed by atoms with van der Waals surface area (Å²) in [4.78, 5) is 6.16. The Morgan fingerprint density at radius 1 is 1.19 bits per heavy atom. The van der Waals surface area contributed by atoms with Crippen LogP contribution in [0.5, 0.6) is 5.75 Å². The summed E-state index contributed by atoms with van der Waals surface area (Å²) in [6, 6.07) is 7.64. The number of benzene rings is 1. The van der Waals surface area contributed by atoms with Gasteiger partial charge in [0.15, 0.2) is 11.6 Å². The average Bonchev–Trinajstić information content (AvgIpc) is 3.06. The molecule has 0 radical (unpaired) electrons. The van der Waals surface area contributed by atoms with Crippen molar-refractivity contribution in [3.8, 4) is 5.75 Å². The fraction of sp³-hybridized carbons (Fsp3) is 0.263. The molecule has 0 saturated heterocycles. The van der Waals surface area contributed by atoms with E-state index in [2.05, 4.69) is 15.0 Å². The minimum Gasteiger partial charge on any atom is -0.486 e. The predicted molar refractivity (Wildman–Crippen MR) is 89.2 cm³/mol. The van der Waals surface area contributed by atoms with E-state index < -0.39 is 11.6 Å². The van der Waals surface area contributed by atoms with Gasteiger partial charge in [-0.3, -0.25) is 9.88 Å². The highest BCUT2D eigenvalue weighted by atomic mass is 19.2. The summed E-state index contributed by atoms with van der Waals surface area (Å²) in [6.45, 7) is 2.22. The number of ether oxygens (including phenoxy) is 1. The fourth-order valence-electron chi connectivity index (χ4n) is 3.05. The minimum atomic E-state index is -0.830. The summed E-state index contributed by atoms with van der Waals surface area (Å²) in [6.07, 6.45) is 4.04. The van der Waals surface area contributed by atoms with Crippen molar-refractivity contribution in [1.82, 2.24) is 15.0 Å². The molecule has 4 rings (SSSR count). The summed E-state index contributed by atoms with van der Waals surface area (Å²) >= 11 is 0. The minimum absolute atomic E-state index is 0.295. The molecule has 0 bridgehead atoms. The topological polar surface area (TPSA) is 51.4 Å². The van der Waals surface area contributed by atoms with Crippen LogP contribution in [0.4, 0.5) is 8.78 Å². The molecule has 0 N–H and O–H groups in total. The van der Waals surface area contributed by atoms with Crippen LogP contribution < -0.4 is 4.74 Å². The van der Waals surface area contributed by atoms with E-state index in [1.165, 1.54) is 6.07 Å². The van der Waals surface area contributed by atoms with E-state index in [-0.39, 0.29) is 0 Å². The molecule has 0 atom stereocenters. The zero-order valence-corrected chi connectivity index (χ0v) is 14.0. The molecule has 1 aliphatic rings. The number of nitrogens with zero attached hydrogens (tertiary/aromatic N) is 3. The molecular formula is C19H17F2N3O2. The molecule has 1 aliphatic heterocycles. The van der Waals surface area contributed by atoms with E-state index in [4.69, 9.17) is 9.26 Å². The third-order valence-electron chi connectivity index (χ3n) is 4.39. The summed E-state index contributed by atoms with van der Waals surface area (Å²) in [7, 11) is 0. The monoisotopic (exact) mass is 357 g/mol. The third kappa shape index (κ3) is 3.57. The third-order valence-corrected chi connectivity index (χ3v) is 4.39. The molecule has 0 saturated carbocycles. The smallest absolute Gasteiger partial charge is 0.159 e. The molecule has 1 aromatic carbocycles. The predicted octanol–water partition coefficient (Wildman–Crippen LogP) is 3.49. The Labute approximate surface area is 149 Å². The van der Waals surface area contributed by atoms with Crippen LogP contribution in [0.15, 0.2) is 47.2 Å². The van der Waals surface area contributed by atoms with Crippen LogP contribution in [0, 0.1) is 11.6 Å². The van der Waals surface area contributed by atoms with Crippen LogP contribution in [0.1, 0.15) is 22.6 Å². The van der Waals surface area contributed by atoms with Gasteiger partial charge in [-0.1, -0.05) is 11.2 Å². The first-order chi connectivity index (χ1) is 12.7. The zero-order chi connectivity index (χ0) is 17.9. The number of fused-ring (bicyclic) bond motifs is 1.